The summed E-state index contributed by atoms with van der Waals surface area (Å²) in [6.07, 6.45) is 0.126. The van der Waals surface area contributed by atoms with Gasteiger partial charge in [-0.25, -0.2) is 4.98 Å². The van der Waals surface area contributed by atoms with E-state index in [1.54, 1.807) is 12.1 Å². The molecule has 26 heavy (non-hydrogen) atoms. The van der Waals surface area contributed by atoms with E-state index in [1.165, 1.54) is 11.3 Å². The Balaban J connectivity index is 1.73. The van der Waals surface area contributed by atoms with E-state index in [4.69, 9.17) is 0 Å². The van der Waals surface area contributed by atoms with Crippen molar-refractivity contribution in [3.05, 3.63) is 82.9 Å². The zero-order valence-corrected chi connectivity index (χ0v) is 15.1. The average Bonchev–Trinajstić information content (AvgIpc) is 3.07. The molecule has 2 amide bonds. The maximum absolute atomic E-state index is 12.5. The summed E-state index contributed by atoms with van der Waals surface area (Å²) in [5.74, 6) is -0.404. The van der Waals surface area contributed by atoms with Gasteiger partial charge in [-0.2, -0.15) is 0 Å². The van der Waals surface area contributed by atoms with Crippen molar-refractivity contribution < 1.29 is 9.59 Å². The molecule has 1 heterocycles. The second kappa shape index (κ2) is 8.40. The zero-order valence-electron chi connectivity index (χ0n) is 14.3. The van der Waals surface area contributed by atoms with Crippen molar-refractivity contribution in [3.8, 4) is 0 Å². The van der Waals surface area contributed by atoms with Crippen molar-refractivity contribution in [1.82, 2.24) is 10.3 Å². The monoisotopic (exact) mass is 365 g/mol. The fourth-order valence-corrected chi connectivity index (χ4v) is 3.24. The standard InChI is InChI=1S/C20H19N3O2S/c1-14-13-26-20(21-14)23-18(24)12-17(15-8-4-2-5-9-15)22-19(25)16-10-6-3-7-11-16/h2-11,13,17H,12H2,1H3,(H,22,25)(H,21,23,24)/t17-/m1/s1. The van der Waals surface area contributed by atoms with Crippen LogP contribution in [-0.4, -0.2) is 16.8 Å². The minimum Gasteiger partial charge on any atom is -0.345 e. The molecule has 0 unspecified atom stereocenters. The van der Waals surface area contributed by atoms with Crippen molar-refractivity contribution in [2.24, 2.45) is 0 Å². The van der Waals surface area contributed by atoms with Crippen LogP contribution in [0.25, 0.3) is 0 Å². The van der Waals surface area contributed by atoms with Crippen LogP contribution >= 0.6 is 11.3 Å². The lowest BCUT2D eigenvalue weighted by Crippen LogP contribution is -2.31. The lowest BCUT2D eigenvalue weighted by atomic mass is 10.0. The van der Waals surface area contributed by atoms with Crippen LogP contribution in [0.5, 0.6) is 0 Å². The lowest BCUT2D eigenvalue weighted by molar-refractivity contribution is -0.116. The molecule has 5 nitrogen and oxygen atoms in total. The van der Waals surface area contributed by atoms with Crippen molar-refractivity contribution >= 4 is 28.3 Å². The minimum atomic E-state index is -0.426. The number of hydrogen-bond donors (Lipinski definition) is 2. The van der Waals surface area contributed by atoms with E-state index in [0.717, 1.165) is 11.3 Å². The smallest absolute Gasteiger partial charge is 0.251 e. The van der Waals surface area contributed by atoms with Gasteiger partial charge in [0.15, 0.2) is 5.13 Å². The lowest BCUT2D eigenvalue weighted by Gasteiger charge is -2.19. The van der Waals surface area contributed by atoms with Crippen LogP contribution in [0.1, 0.15) is 34.1 Å². The van der Waals surface area contributed by atoms with Gasteiger partial charge in [0, 0.05) is 10.9 Å². The van der Waals surface area contributed by atoms with Crippen LogP contribution in [0, 0.1) is 6.92 Å². The maximum Gasteiger partial charge on any atom is 0.251 e. The Morgan fingerprint density at radius 3 is 2.31 bits per heavy atom. The molecule has 0 saturated carbocycles. The van der Waals surface area contributed by atoms with Crippen LogP contribution in [0.2, 0.25) is 0 Å². The number of hydrogen-bond acceptors (Lipinski definition) is 4. The Morgan fingerprint density at radius 1 is 1.04 bits per heavy atom. The summed E-state index contributed by atoms with van der Waals surface area (Å²) < 4.78 is 0. The number of nitrogens with one attached hydrogen (secondary N) is 2. The number of carbonyl (C=O) groups is 2. The molecule has 0 aliphatic heterocycles. The number of thiazole rings is 1. The predicted octanol–water partition coefficient (Wildman–Crippen LogP) is 3.95. The number of aryl methyl sites for hydroxylation is 1. The van der Waals surface area contributed by atoms with Gasteiger partial charge in [-0.3, -0.25) is 9.59 Å². The normalized spacial score (nSPS) is 11.6. The van der Waals surface area contributed by atoms with Gasteiger partial charge in [-0.15, -0.1) is 11.3 Å². The van der Waals surface area contributed by atoms with Crippen LogP contribution in [0.15, 0.2) is 66.0 Å². The molecule has 0 aliphatic rings. The SMILES string of the molecule is Cc1csc(NC(=O)C[C@@H](NC(=O)c2ccccc2)c2ccccc2)n1. The molecule has 0 bridgehead atoms. The number of benzene rings is 2. The van der Waals surface area contributed by atoms with E-state index < -0.39 is 6.04 Å². The highest BCUT2D eigenvalue weighted by atomic mass is 32.1. The highest BCUT2D eigenvalue weighted by Gasteiger charge is 2.19. The Hall–Kier alpha value is -2.99. The van der Waals surface area contributed by atoms with E-state index >= 15 is 0 Å². The predicted molar refractivity (Wildman–Crippen MR) is 103 cm³/mol. The molecule has 1 aromatic heterocycles. The molecule has 6 heteroatoms. The summed E-state index contributed by atoms with van der Waals surface area (Å²) in [5, 5.41) is 8.19. The van der Waals surface area contributed by atoms with Crippen LogP contribution < -0.4 is 10.6 Å². The molecule has 3 aromatic rings. The summed E-state index contributed by atoms with van der Waals surface area (Å²) in [7, 11) is 0. The number of aromatic nitrogens is 1. The Bertz CT molecular complexity index is 878. The zero-order chi connectivity index (χ0) is 18.4. The number of anilines is 1. The maximum atomic E-state index is 12.5. The second-order valence-electron chi connectivity index (χ2n) is 5.85. The topological polar surface area (TPSA) is 71.1 Å². The molecule has 2 N–H and O–H groups in total. The molecule has 0 radical (unpaired) electrons. The molecule has 3 rings (SSSR count). The highest BCUT2D eigenvalue weighted by molar-refractivity contribution is 7.13. The van der Waals surface area contributed by atoms with E-state index in [9.17, 15) is 9.59 Å². The van der Waals surface area contributed by atoms with Gasteiger partial charge in [0.1, 0.15) is 0 Å². The molecule has 0 fully saturated rings. The van der Waals surface area contributed by atoms with Crippen LogP contribution in [0.3, 0.4) is 0 Å². The number of rotatable bonds is 6. The fraction of sp³-hybridized carbons (Fsp3) is 0.150. The third-order valence-corrected chi connectivity index (χ3v) is 4.67. The van der Waals surface area contributed by atoms with Gasteiger partial charge in [0.25, 0.3) is 5.91 Å². The fourth-order valence-electron chi connectivity index (χ4n) is 2.54. The molecule has 2 aromatic carbocycles. The average molecular weight is 365 g/mol. The highest BCUT2D eigenvalue weighted by Crippen LogP contribution is 2.20. The van der Waals surface area contributed by atoms with Crippen LogP contribution in [0.4, 0.5) is 5.13 Å². The van der Waals surface area contributed by atoms with Gasteiger partial charge in [-0.1, -0.05) is 48.5 Å². The Morgan fingerprint density at radius 2 is 1.69 bits per heavy atom. The Labute approximate surface area is 156 Å². The molecule has 132 valence electrons. The first-order chi connectivity index (χ1) is 12.6. The van der Waals surface area contributed by atoms with E-state index in [2.05, 4.69) is 15.6 Å². The first kappa shape index (κ1) is 17.8. The number of carbonyl (C=O) groups excluding carboxylic acids is 2. The largest absolute Gasteiger partial charge is 0.345 e. The summed E-state index contributed by atoms with van der Waals surface area (Å²) in [4.78, 5) is 29.2. The van der Waals surface area contributed by atoms with E-state index in [-0.39, 0.29) is 18.2 Å². The van der Waals surface area contributed by atoms with E-state index in [0.29, 0.717) is 10.7 Å². The van der Waals surface area contributed by atoms with Gasteiger partial charge in [0.2, 0.25) is 5.91 Å². The van der Waals surface area contributed by atoms with Crippen molar-refractivity contribution in [2.75, 3.05) is 5.32 Å². The van der Waals surface area contributed by atoms with Crippen molar-refractivity contribution in [2.45, 2.75) is 19.4 Å². The first-order valence-corrected chi connectivity index (χ1v) is 9.12. The first-order valence-electron chi connectivity index (χ1n) is 8.24. The van der Waals surface area contributed by atoms with Gasteiger partial charge in [0.05, 0.1) is 18.2 Å². The second-order valence-corrected chi connectivity index (χ2v) is 6.71. The molecular weight excluding hydrogens is 346 g/mol. The summed E-state index contributed by atoms with van der Waals surface area (Å²) in [6, 6.07) is 18.0. The molecular formula is C20H19N3O2S. The molecule has 0 spiro atoms. The van der Waals surface area contributed by atoms with Crippen molar-refractivity contribution in [1.29, 1.82) is 0 Å². The number of nitrogens with zero attached hydrogens (tertiary/aromatic N) is 1. The number of amides is 2. The van der Waals surface area contributed by atoms with Crippen molar-refractivity contribution in [3.63, 3.8) is 0 Å². The molecule has 1 atom stereocenters. The minimum absolute atomic E-state index is 0.126. The van der Waals surface area contributed by atoms with Gasteiger partial charge < -0.3 is 10.6 Å². The Kier molecular flexibility index (Phi) is 5.76. The van der Waals surface area contributed by atoms with E-state index in [1.807, 2.05) is 60.8 Å². The van der Waals surface area contributed by atoms with Gasteiger partial charge in [-0.05, 0) is 24.6 Å². The van der Waals surface area contributed by atoms with Gasteiger partial charge >= 0.3 is 0 Å². The quantitative estimate of drug-likeness (QED) is 0.695. The van der Waals surface area contributed by atoms with Crippen LogP contribution in [-0.2, 0) is 4.79 Å². The molecule has 0 aliphatic carbocycles. The summed E-state index contributed by atoms with van der Waals surface area (Å²) in [5.41, 5.74) is 2.30. The third-order valence-electron chi connectivity index (χ3n) is 3.80. The summed E-state index contributed by atoms with van der Waals surface area (Å²) in [6.45, 7) is 1.87. The third kappa shape index (κ3) is 4.77. The molecule has 0 saturated heterocycles. The summed E-state index contributed by atoms with van der Waals surface area (Å²) >= 11 is 1.38.